The van der Waals surface area contributed by atoms with Crippen molar-refractivity contribution < 1.29 is 43.0 Å². The van der Waals surface area contributed by atoms with Crippen LogP contribution in [0.2, 0.25) is 0 Å². The summed E-state index contributed by atoms with van der Waals surface area (Å²) in [5, 5.41) is 25.2. The van der Waals surface area contributed by atoms with Gasteiger partial charge in [-0.2, -0.15) is 0 Å². The molecule has 0 bridgehead atoms. The van der Waals surface area contributed by atoms with Crippen LogP contribution in [-0.4, -0.2) is 45.0 Å². The van der Waals surface area contributed by atoms with Crippen LogP contribution in [-0.2, 0) is 6.54 Å². The smallest absolute Gasteiger partial charge is 0.265 e. The summed E-state index contributed by atoms with van der Waals surface area (Å²) < 4.78 is 28.7. The molecule has 0 unspecified atom stereocenters. The summed E-state index contributed by atoms with van der Waals surface area (Å²) in [4.78, 5) is 69.3. The number of rotatable bonds is 5. The number of carbonyl (C=O) groups is 5. The number of aldehydes is 1. The van der Waals surface area contributed by atoms with E-state index in [0.717, 1.165) is 49.5 Å². The van der Waals surface area contributed by atoms with Gasteiger partial charge < -0.3 is 10.2 Å². The number of aromatic hydroxyl groups is 2. The van der Waals surface area contributed by atoms with Gasteiger partial charge in [0.05, 0.1) is 17.8 Å². The Morgan fingerprint density at radius 1 is 0.509 bits per heavy atom. The Morgan fingerprint density at radius 3 is 1.38 bits per heavy atom. The first-order valence-corrected chi connectivity index (χ1v) is 17.1. The quantitative estimate of drug-likeness (QED) is 0.0786. The van der Waals surface area contributed by atoms with E-state index in [4.69, 9.17) is 0 Å². The number of hydrogen-bond donors (Lipinski definition) is 2. The molecule has 10 rings (SSSR count). The first-order chi connectivity index (χ1) is 26.5. The summed E-state index contributed by atoms with van der Waals surface area (Å²) in [6.07, 6.45) is 0.108. The van der Waals surface area contributed by atoms with Crippen LogP contribution in [0.25, 0.3) is 54.2 Å². The Morgan fingerprint density at radius 2 is 0.945 bits per heavy atom. The van der Waals surface area contributed by atoms with Crippen molar-refractivity contribution in [2.75, 3.05) is 4.90 Å². The zero-order valence-corrected chi connectivity index (χ0v) is 28.2. The van der Waals surface area contributed by atoms with Crippen LogP contribution in [0.1, 0.15) is 57.4 Å². The van der Waals surface area contributed by atoms with Gasteiger partial charge in [-0.15, -0.1) is 0 Å². The van der Waals surface area contributed by atoms with Crippen molar-refractivity contribution in [2.45, 2.75) is 6.54 Å². The van der Waals surface area contributed by atoms with E-state index in [2.05, 4.69) is 0 Å². The maximum absolute atomic E-state index is 14.3. The highest BCUT2D eigenvalue weighted by Crippen LogP contribution is 2.47. The highest BCUT2D eigenvalue weighted by Gasteiger charge is 2.37. The molecule has 264 valence electrons. The lowest BCUT2D eigenvalue weighted by atomic mass is 9.82. The third-order valence-corrected chi connectivity index (χ3v) is 10.7. The minimum Gasteiger partial charge on any atom is -0.508 e. The van der Waals surface area contributed by atoms with E-state index in [-0.39, 0.29) is 35.6 Å². The molecule has 2 heterocycles. The fourth-order valence-corrected chi connectivity index (χ4v) is 8.29. The Hall–Kier alpha value is -7.53. The normalized spacial score (nSPS) is 14.0. The first kappa shape index (κ1) is 32.1. The molecule has 0 radical (unpaired) electrons. The monoisotopic (exact) mass is 728 g/mol. The Labute approximate surface area is 308 Å². The van der Waals surface area contributed by atoms with Gasteiger partial charge >= 0.3 is 0 Å². The van der Waals surface area contributed by atoms with Gasteiger partial charge in [-0.05, 0) is 110 Å². The SMILES string of the molecule is O=Cc1c(F)cc(-c2ccc(N3C(=O)c4ccc5c6ccc7c8c(ccc(c9ccc(c4c59)C3=O)c86)C(=O)N(Cc3cc(O)cc(O)c3)C7=O)cc2)cc1F. The number of fused-ring (bicyclic) bond motifs is 2. The molecule has 2 N–H and O–H groups in total. The summed E-state index contributed by atoms with van der Waals surface area (Å²) >= 11 is 0. The fourth-order valence-electron chi connectivity index (χ4n) is 8.29. The molecule has 11 heteroatoms. The largest absolute Gasteiger partial charge is 0.508 e. The zero-order chi connectivity index (χ0) is 38.0. The molecule has 0 spiro atoms. The second kappa shape index (κ2) is 11.2. The number of nitrogens with zero attached hydrogens (tertiary/aromatic N) is 2. The van der Waals surface area contributed by atoms with Crippen molar-refractivity contribution in [2.24, 2.45) is 0 Å². The molecule has 9 nitrogen and oxygen atoms in total. The number of phenolic OH excluding ortho intramolecular Hbond substituents is 2. The molecule has 0 fully saturated rings. The predicted octanol–water partition coefficient (Wildman–Crippen LogP) is 8.50. The van der Waals surface area contributed by atoms with Crippen LogP contribution in [0.3, 0.4) is 0 Å². The van der Waals surface area contributed by atoms with Crippen molar-refractivity contribution in [3.05, 3.63) is 148 Å². The van der Waals surface area contributed by atoms with Crippen molar-refractivity contribution in [3.63, 3.8) is 0 Å². The van der Waals surface area contributed by atoms with E-state index in [9.17, 15) is 43.0 Å². The molecule has 0 saturated heterocycles. The molecule has 0 atom stereocenters. The van der Waals surface area contributed by atoms with Crippen LogP contribution >= 0.6 is 0 Å². The second-order valence-corrected chi connectivity index (χ2v) is 13.7. The summed E-state index contributed by atoms with van der Waals surface area (Å²) in [6.45, 7) is -0.169. The first-order valence-electron chi connectivity index (χ1n) is 17.1. The molecule has 8 aromatic carbocycles. The van der Waals surface area contributed by atoms with E-state index in [1.807, 2.05) is 0 Å². The maximum atomic E-state index is 14.3. The molecule has 0 aromatic heterocycles. The minimum atomic E-state index is -1.01. The number of halogens is 2. The summed E-state index contributed by atoms with van der Waals surface area (Å²) in [7, 11) is 0. The topological polar surface area (TPSA) is 132 Å². The number of phenols is 2. The Bertz CT molecular complexity index is 2960. The number of imide groups is 2. The van der Waals surface area contributed by atoms with Crippen molar-refractivity contribution >= 4 is 78.7 Å². The lowest BCUT2D eigenvalue weighted by molar-refractivity contribution is 0.0597. The van der Waals surface area contributed by atoms with Crippen LogP contribution in [0.15, 0.2) is 103 Å². The highest BCUT2D eigenvalue weighted by molar-refractivity contribution is 6.43. The van der Waals surface area contributed by atoms with Gasteiger partial charge in [0, 0.05) is 39.1 Å². The third kappa shape index (κ3) is 4.40. The van der Waals surface area contributed by atoms with Crippen LogP contribution < -0.4 is 4.90 Å². The lowest BCUT2D eigenvalue weighted by Crippen LogP contribution is -2.40. The standard InChI is InChI=1S/C44H22F2N2O7/c45-35-15-22(16-36(46)34(35)19-49)21-1-3-23(4-2-21)48-43(54)32-11-7-28-26-5-9-30-39-31(42(53)47(41(30)52)18-20-13-24(50)17-25(51)14-20)10-6-27(37(26)39)29-8-12-33(44(48)55)40(32)38(28)29/h1-17,19,50-51H,18H2. The van der Waals surface area contributed by atoms with E-state index >= 15 is 0 Å². The average Bonchev–Trinajstić information content (AvgIpc) is 3.17. The number of carbonyl (C=O) groups excluding carboxylic acids is 5. The third-order valence-electron chi connectivity index (χ3n) is 10.7. The lowest BCUT2D eigenvalue weighted by Gasteiger charge is -2.30. The molecule has 0 saturated carbocycles. The molecule has 55 heavy (non-hydrogen) atoms. The molecular formula is C44H22F2N2O7. The molecule has 2 aliphatic heterocycles. The highest BCUT2D eigenvalue weighted by atomic mass is 19.1. The fraction of sp³-hybridized carbons (Fsp3) is 0.0227. The molecule has 0 aliphatic carbocycles. The minimum absolute atomic E-state index is 0.108. The van der Waals surface area contributed by atoms with E-state index in [0.29, 0.717) is 54.9 Å². The summed E-state index contributed by atoms with van der Waals surface area (Å²) in [5.74, 6) is -4.60. The van der Waals surface area contributed by atoms with Crippen LogP contribution in [0.5, 0.6) is 11.5 Å². The zero-order valence-electron chi connectivity index (χ0n) is 28.2. The van der Waals surface area contributed by atoms with Gasteiger partial charge in [-0.25, -0.2) is 13.7 Å². The number of hydrogen-bond acceptors (Lipinski definition) is 7. The van der Waals surface area contributed by atoms with Gasteiger partial charge in [-0.1, -0.05) is 36.4 Å². The second-order valence-electron chi connectivity index (χ2n) is 13.7. The molecule has 2 aliphatic rings. The van der Waals surface area contributed by atoms with Gasteiger partial charge in [-0.3, -0.25) is 28.9 Å². The van der Waals surface area contributed by atoms with Crippen molar-refractivity contribution in [1.82, 2.24) is 4.90 Å². The van der Waals surface area contributed by atoms with E-state index in [1.54, 1.807) is 48.5 Å². The van der Waals surface area contributed by atoms with Gasteiger partial charge in [0.15, 0.2) is 6.29 Å². The summed E-state index contributed by atoms with van der Waals surface area (Å²) in [6, 6.07) is 25.9. The number of benzene rings is 8. The number of amides is 4. The van der Waals surface area contributed by atoms with E-state index < -0.39 is 40.8 Å². The van der Waals surface area contributed by atoms with Gasteiger partial charge in [0.25, 0.3) is 23.6 Å². The predicted molar refractivity (Wildman–Crippen MR) is 200 cm³/mol. The Balaban J connectivity index is 1.08. The van der Waals surface area contributed by atoms with Gasteiger partial charge in [0.1, 0.15) is 23.1 Å². The van der Waals surface area contributed by atoms with Crippen LogP contribution in [0, 0.1) is 11.6 Å². The van der Waals surface area contributed by atoms with Crippen molar-refractivity contribution in [3.8, 4) is 22.6 Å². The molecule has 4 amide bonds. The van der Waals surface area contributed by atoms with E-state index in [1.165, 1.54) is 36.4 Å². The van der Waals surface area contributed by atoms with Crippen LogP contribution in [0.4, 0.5) is 14.5 Å². The number of anilines is 1. The van der Waals surface area contributed by atoms with Gasteiger partial charge in [0.2, 0.25) is 0 Å². The van der Waals surface area contributed by atoms with Crippen molar-refractivity contribution in [1.29, 1.82) is 0 Å². The summed E-state index contributed by atoms with van der Waals surface area (Å²) in [5.41, 5.74) is 1.74. The maximum Gasteiger partial charge on any atom is 0.265 e. The molecular weight excluding hydrogens is 706 g/mol. The average molecular weight is 729 g/mol. The Kier molecular flexibility index (Phi) is 6.57. The molecule has 8 aromatic rings.